The second kappa shape index (κ2) is 11.7. The van der Waals surface area contributed by atoms with Gasteiger partial charge in [0, 0.05) is 5.56 Å². The first-order valence-corrected chi connectivity index (χ1v) is 8.13. The fraction of sp³-hybridized carbons (Fsp3) is 0.474. The molecule has 120 valence electrons. The standard InChI is InChI=1S/C19H26O3/c1-2-3-4-5-6-7-8-9-13-16-22-19(21)18(20)17-14-11-10-12-15-17/h2-3,10-12,14-15H,4-9,13,16H2,1H3/b3-2-. The highest BCUT2D eigenvalue weighted by molar-refractivity contribution is 6.40. The average Bonchev–Trinajstić information content (AvgIpc) is 2.56. The average molecular weight is 302 g/mol. The van der Waals surface area contributed by atoms with Crippen LogP contribution >= 0.6 is 0 Å². The van der Waals surface area contributed by atoms with E-state index in [-0.39, 0.29) is 0 Å². The maximum atomic E-state index is 11.8. The number of hydrogen-bond donors (Lipinski definition) is 0. The third-order valence-electron chi connectivity index (χ3n) is 3.46. The molecule has 0 unspecified atom stereocenters. The fourth-order valence-corrected chi connectivity index (χ4v) is 2.18. The fourth-order valence-electron chi connectivity index (χ4n) is 2.18. The summed E-state index contributed by atoms with van der Waals surface area (Å²) in [6.07, 6.45) is 12.2. The van der Waals surface area contributed by atoms with E-state index in [4.69, 9.17) is 4.74 Å². The number of ether oxygens (including phenoxy) is 1. The van der Waals surface area contributed by atoms with Crippen molar-refractivity contribution in [1.29, 1.82) is 0 Å². The van der Waals surface area contributed by atoms with Crippen LogP contribution in [0, 0.1) is 0 Å². The molecule has 1 aromatic carbocycles. The summed E-state index contributed by atoms with van der Waals surface area (Å²) < 4.78 is 5.02. The number of ketones is 1. The molecule has 0 N–H and O–H groups in total. The zero-order valence-corrected chi connectivity index (χ0v) is 13.4. The minimum absolute atomic E-state index is 0.329. The van der Waals surface area contributed by atoms with Crippen molar-refractivity contribution in [2.75, 3.05) is 6.61 Å². The lowest BCUT2D eigenvalue weighted by Gasteiger charge is -2.04. The molecule has 0 aliphatic rings. The van der Waals surface area contributed by atoms with Gasteiger partial charge in [0.2, 0.25) is 0 Å². The molecule has 0 aliphatic heterocycles. The summed E-state index contributed by atoms with van der Waals surface area (Å²) in [7, 11) is 0. The topological polar surface area (TPSA) is 43.4 Å². The predicted octanol–water partition coefficient (Wildman–Crippen LogP) is 4.72. The Kier molecular flexibility index (Phi) is 9.67. The molecule has 0 spiro atoms. The lowest BCUT2D eigenvalue weighted by atomic mass is 10.1. The highest BCUT2D eigenvalue weighted by Gasteiger charge is 2.16. The quantitative estimate of drug-likeness (QED) is 0.195. The maximum Gasteiger partial charge on any atom is 0.379 e. The van der Waals surface area contributed by atoms with Crippen LogP contribution in [0.4, 0.5) is 0 Å². The zero-order chi connectivity index (χ0) is 16.0. The maximum absolute atomic E-state index is 11.8. The van der Waals surface area contributed by atoms with Gasteiger partial charge in [0.25, 0.3) is 5.78 Å². The number of carbonyl (C=O) groups is 2. The molecule has 3 heteroatoms. The summed E-state index contributed by atoms with van der Waals surface area (Å²) in [5, 5.41) is 0. The molecule has 0 aromatic heterocycles. The van der Waals surface area contributed by atoms with Crippen LogP contribution in [0.1, 0.15) is 62.2 Å². The Hall–Kier alpha value is -1.90. The Balaban J connectivity index is 2.02. The first-order chi connectivity index (χ1) is 10.8. The molecule has 0 bridgehead atoms. The van der Waals surface area contributed by atoms with Gasteiger partial charge >= 0.3 is 5.97 Å². The number of carbonyl (C=O) groups excluding carboxylic acids is 2. The number of benzene rings is 1. The minimum Gasteiger partial charge on any atom is -0.460 e. The van der Waals surface area contributed by atoms with Gasteiger partial charge in [-0.05, 0) is 26.2 Å². The van der Waals surface area contributed by atoms with E-state index >= 15 is 0 Å². The molecule has 0 saturated carbocycles. The van der Waals surface area contributed by atoms with Crippen LogP contribution in [0.3, 0.4) is 0 Å². The Labute approximate surface area is 133 Å². The van der Waals surface area contributed by atoms with Crippen molar-refractivity contribution in [2.45, 2.75) is 51.9 Å². The van der Waals surface area contributed by atoms with Gasteiger partial charge in [-0.2, -0.15) is 0 Å². The van der Waals surface area contributed by atoms with Gasteiger partial charge in [-0.3, -0.25) is 4.79 Å². The predicted molar refractivity (Wildman–Crippen MR) is 88.9 cm³/mol. The summed E-state index contributed by atoms with van der Waals surface area (Å²) in [4.78, 5) is 23.4. The van der Waals surface area contributed by atoms with E-state index in [1.807, 2.05) is 6.92 Å². The number of esters is 1. The molecular weight excluding hydrogens is 276 g/mol. The number of Topliss-reactive ketones (excluding diaryl/α,β-unsaturated/α-hetero) is 1. The third-order valence-corrected chi connectivity index (χ3v) is 3.46. The van der Waals surface area contributed by atoms with Crippen molar-refractivity contribution in [3.8, 4) is 0 Å². The Morgan fingerprint density at radius 3 is 2.27 bits per heavy atom. The molecule has 0 amide bonds. The lowest BCUT2D eigenvalue weighted by Crippen LogP contribution is -2.18. The third kappa shape index (κ3) is 7.77. The summed E-state index contributed by atoms with van der Waals surface area (Å²) in [6, 6.07) is 8.52. The van der Waals surface area contributed by atoms with E-state index in [0.717, 1.165) is 25.7 Å². The normalized spacial score (nSPS) is 10.8. The lowest BCUT2D eigenvalue weighted by molar-refractivity contribution is -0.138. The van der Waals surface area contributed by atoms with Crippen LogP contribution in [0.5, 0.6) is 0 Å². The first-order valence-electron chi connectivity index (χ1n) is 8.13. The van der Waals surface area contributed by atoms with Crippen molar-refractivity contribution in [2.24, 2.45) is 0 Å². The van der Waals surface area contributed by atoms with Crippen LogP contribution in [0.2, 0.25) is 0 Å². The molecule has 0 aliphatic carbocycles. The van der Waals surface area contributed by atoms with E-state index in [1.165, 1.54) is 19.3 Å². The van der Waals surface area contributed by atoms with Crippen molar-refractivity contribution in [3.63, 3.8) is 0 Å². The summed E-state index contributed by atoms with van der Waals surface area (Å²) >= 11 is 0. The summed E-state index contributed by atoms with van der Waals surface area (Å²) in [6.45, 7) is 2.37. The second-order valence-electron chi connectivity index (χ2n) is 5.31. The van der Waals surface area contributed by atoms with Gasteiger partial charge in [0.15, 0.2) is 0 Å². The first kappa shape index (κ1) is 18.1. The number of unbranched alkanes of at least 4 members (excludes halogenated alkanes) is 6. The SMILES string of the molecule is C/C=C\CCCCCCCCOC(=O)C(=O)c1ccccc1. The molecule has 0 atom stereocenters. The molecule has 0 radical (unpaired) electrons. The molecule has 1 aromatic rings. The molecular formula is C19H26O3. The smallest absolute Gasteiger partial charge is 0.379 e. The molecule has 0 heterocycles. The second-order valence-corrected chi connectivity index (χ2v) is 5.31. The summed E-state index contributed by atoms with van der Waals surface area (Å²) in [5.41, 5.74) is 0.383. The highest BCUT2D eigenvalue weighted by atomic mass is 16.5. The van der Waals surface area contributed by atoms with Crippen molar-refractivity contribution in [3.05, 3.63) is 48.0 Å². The van der Waals surface area contributed by atoms with Crippen molar-refractivity contribution in [1.82, 2.24) is 0 Å². The van der Waals surface area contributed by atoms with Crippen molar-refractivity contribution >= 4 is 11.8 Å². The highest BCUT2D eigenvalue weighted by Crippen LogP contribution is 2.08. The van der Waals surface area contributed by atoms with E-state index in [0.29, 0.717) is 12.2 Å². The minimum atomic E-state index is -0.752. The van der Waals surface area contributed by atoms with Gasteiger partial charge in [-0.1, -0.05) is 68.2 Å². The molecule has 1 rings (SSSR count). The zero-order valence-electron chi connectivity index (χ0n) is 13.4. The summed E-state index contributed by atoms with van der Waals surface area (Å²) in [5.74, 6) is -1.32. The monoisotopic (exact) mass is 302 g/mol. The van der Waals surface area contributed by atoms with Crippen LogP contribution in [-0.2, 0) is 9.53 Å². The number of allylic oxidation sites excluding steroid dienone is 2. The van der Waals surface area contributed by atoms with Gasteiger partial charge in [0.05, 0.1) is 6.61 Å². The number of rotatable bonds is 11. The van der Waals surface area contributed by atoms with Gasteiger partial charge < -0.3 is 4.74 Å². The molecule has 3 nitrogen and oxygen atoms in total. The van der Waals surface area contributed by atoms with E-state index < -0.39 is 11.8 Å². The molecule has 0 saturated heterocycles. The molecule has 0 fully saturated rings. The Morgan fingerprint density at radius 2 is 1.59 bits per heavy atom. The van der Waals surface area contributed by atoms with E-state index in [9.17, 15) is 9.59 Å². The molecule has 22 heavy (non-hydrogen) atoms. The van der Waals surface area contributed by atoms with Gasteiger partial charge in [-0.25, -0.2) is 4.79 Å². The van der Waals surface area contributed by atoms with Crippen LogP contribution in [-0.4, -0.2) is 18.4 Å². The van der Waals surface area contributed by atoms with Gasteiger partial charge in [-0.15, -0.1) is 0 Å². The van der Waals surface area contributed by atoms with E-state index in [1.54, 1.807) is 30.3 Å². The Bertz CT molecular complexity index is 463. The largest absolute Gasteiger partial charge is 0.460 e. The van der Waals surface area contributed by atoms with Crippen LogP contribution in [0.25, 0.3) is 0 Å². The van der Waals surface area contributed by atoms with E-state index in [2.05, 4.69) is 12.2 Å². The van der Waals surface area contributed by atoms with Crippen LogP contribution < -0.4 is 0 Å². The Morgan fingerprint density at radius 1 is 0.955 bits per heavy atom. The van der Waals surface area contributed by atoms with Gasteiger partial charge in [0.1, 0.15) is 0 Å². The van der Waals surface area contributed by atoms with Crippen molar-refractivity contribution < 1.29 is 14.3 Å². The van der Waals surface area contributed by atoms with Crippen LogP contribution in [0.15, 0.2) is 42.5 Å². The number of hydrogen-bond acceptors (Lipinski definition) is 3.